The van der Waals surface area contributed by atoms with E-state index >= 15 is 0 Å². The SMILES string of the molecule is O=C(NC[C@H](c1ccccc1)N1CCCCC1)c1ccccc1. The molecule has 1 heterocycles. The molecule has 1 saturated heterocycles. The molecule has 3 heteroatoms. The first-order valence-electron chi connectivity index (χ1n) is 8.47. The van der Waals surface area contributed by atoms with E-state index in [1.54, 1.807) is 0 Å². The van der Waals surface area contributed by atoms with Gasteiger partial charge in [-0.15, -0.1) is 0 Å². The van der Waals surface area contributed by atoms with Gasteiger partial charge in [-0.2, -0.15) is 0 Å². The van der Waals surface area contributed by atoms with Gasteiger partial charge in [-0.25, -0.2) is 0 Å². The number of hydrogen-bond donors (Lipinski definition) is 1. The molecule has 1 N–H and O–H groups in total. The molecule has 2 aromatic rings. The largest absolute Gasteiger partial charge is 0.350 e. The Morgan fingerprint density at radius 1 is 0.913 bits per heavy atom. The Bertz CT molecular complexity index is 606. The van der Waals surface area contributed by atoms with Crippen LogP contribution >= 0.6 is 0 Å². The van der Waals surface area contributed by atoms with Crippen molar-refractivity contribution in [2.45, 2.75) is 25.3 Å². The van der Waals surface area contributed by atoms with E-state index in [1.807, 2.05) is 36.4 Å². The number of piperidine rings is 1. The van der Waals surface area contributed by atoms with E-state index in [-0.39, 0.29) is 11.9 Å². The summed E-state index contributed by atoms with van der Waals surface area (Å²) in [6.07, 6.45) is 3.81. The zero-order valence-corrected chi connectivity index (χ0v) is 13.4. The first-order valence-corrected chi connectivity index (χ1v) is 8.47. The standard InChI is InChI=1S/C20H24N2O/c23-20(18-12-6-2-7-13-18)21-16-19(17-10-4-1-5-11-17)22-14-8-3-9-15-22/h1-2,4-7,10-13,19H,3,8-9,14-16H2,(H,21,23)/t19-/m1/s1. The number of amides is 1. The van der Waals surface area contributed by atoms with Crippen LogP contribution in [0.15, 0.2) is 60.7 Å². The Kier molecular flexibility index (Phi) is 5.43. The van der Waals surface area contributed by atoms with E-state index in [2.05, 4.69) is 34.5 Å². The van der Waals surface area contributed by atoms with Gasteiger partial charge in [0.1, 0.15) is 0 Å². The van der Waals surface area contributed by atoms with Crippen LogP contribution in [0.25, 0.3) is 0 Å². The monoisotopic (exact) mass is 308 g/mol. The molecule has 1 amide bonds. The van der Waals surface area contributed by atoms with E-state index < -0.39 is 0 Å². The van der Waals surface area contributed by atoms with E-state index in [1.165, 1.54) is 24.8 Å². The molecule has 3 nitrogen and oxygen atoms in total. The number of rotatable bonds is 5. The van der Waals surface area contributed by atoms with Crippen molar-refractivity contribution < 1.29 is 4.79 Å². The normalized spacial score (nSPS) is 16.7. The lowest BCUT2D eigenvalue weighted by atomic mass is 10.0. The molecule has 0 bridgehead atoms. The summed E-state index contributed by atoms with van der Waals surface area (Å²) in [6, 6.07) is 20.2. The van der Waals surface area contributed by atoms with Crippen LogP contribution in [0.5, 0.6) is 0 Å². The van der Waals surface area contributed by atoms with Gasteiger partial charge in [-0.1, -0.05) is 55.0 Å². The van der Waals surface area contributed by atoms with Crippen LogP contribution in [0.2, 0.25) is 0 Å². The number of nitrogens with one attached hydrogen (secondary N) is 1. The number of nitrogens with zero attached hydrogens (tertiary/aromatic N) is 1. The van der Waals surface area contributed by atoms with Gasteiger partial charge in [0.05, 0.1) is 6.04 Å². The molecular formula is C20H24N2O. The fourth-order valence-electron chi connectivity index (χ4n) is 3.24. The van der Waals surface area contributed by atoms with Crippen LogP contribution in [0.4, 0.5) is 0 Å². The lowest BCUT2D eigenvalue weighted by Crippen LogP contribution is -2.40. The predicted molar refractivity (Wildman–Crippen MR) is 93.4 cm³/mol. The highest BCUT2D eigenvalue weighted by molar-refractivity contribution is 5.94. The van der Waals surface area contributed by atoms with Crippen LogP contribution in [0.3, 0.4) is 0 Å². The average Bonchev–Trinajstić information content (AvgIpc) is 2.64. The Hall–Kier alpha value is -2.13. The van der Waals surface area contributed by atoms with E-state index in [0.29, 0.717) is 6.54 Å². The molecule has 3 rings (SSSR count). The summed E-state index contributed by atoms with van der Waals surface area (Å²) < 4.78 is 0. The third kappa shape index (κ3) is 4.20. The highest BCUT2D eigenvalue weighted by Gasteiger charge is 2.22. The molecule has 1 aliphatic rings. The molecule has 0 spiro atoms. The van der Waals surface area contributed by atoms with Gasteiger partial charge in [-0.3, -0.25) is 9.69 Å². The van der Waals surface area contributed by atoms with Gasteiger partial charge in [0.15, 0.2) is 0 Å². The molecule has 0 unspecified atom stereocenters. The summed E-state index contributed by atoms with van der Waals surface area (Å²) in [6.45, 7) is 2.87. The van der Waals surface area contributed by atoms with Crippen LogP contribution < -0.4 is 5.32 Å². The fraction of sp³-hybridized carbons (Fsp3) is 0.350. The van der Waals surface area contributed by atoms with Crippen molar-refractivity contribution in [3.8, 4) is 0 Å². The van der Waals surface area contributed by atoms with Gasteiger partial charge >= 0.3 is 0 Å². The number of hydrogen-bond acceptors (Lipinski definition) is 2. The zero-order chi connectivity index (χ0) is 15.9. The van der Waals surface area contributed by atoms with Crippen LogP contribution in [0, 0.1) is 0 Å². The summed E-state index contributed by atoms with van der Waals surface area (Å²) in [5.41, 5.74) is 2.00. The lowest BCUT2D eigenvalue weighted by molar-refractivity contribution is 0.0924. The fourth-order valence-corrected chi connectivity index (χ4v) is 3.24. The quantitative estimate of drug-likeness (QED) is 0.914. The molecule has 0 aliphatic carbocycles. The Balaban J connectivity index is 1.70. The van der Waals surface area contributed by atoms with Crippen molar-refractivity contribution in [2.24, 2.45) is 0 Å². The molecule has 2 aromatic carbocycles. The van der Waals surface area contributed by atoms with Crippen LogP contribution in [0.1, 0.15) is 41.2 Å². The number of benzene rings is 2. The molecule has 23 heavy (non-hydrogen) atoms. The predicted octanol–water partition coefficient (Wildman–Crippen LogP) is 3.64. The maximum atomic E-state index is 12.3. The number of carbonyl (C=O) groups excluding carboxylic acids is 1. The summed E-state index contributed by atoms with van der Waals surface area (Å²) >= 11 is 0. The molecule has 120 valence electrons. The number of carbonyl (C=O) groups is 1. The van der Waals surface area contributed by atoms with Gasteiger partial charge < -0.3 is 5.32 Å². The lowest BCUT2D eigenvalue weighted by Gasteiger charge is -2.35. The minimum Gasteiger partial charge on any atom is -0.350 e. The van der Waals surface area contributed by atoms with Crippen molar-refractivity contribution in [1.82, 2.24) is 10.2 Å². The molecule has 0 radical (unpaired) electrons. The molecule has 1 aliphatic heterocycles. The molecule has 1 fully saturated rings. The van der Waals surface area contributed by atoms with Gasteiger partial charge in [0.2, 0.25) is 0 Å². The molecular weight excluding hydrogens is 284 g/mol. The van der Waals surface area contributed by atoms with Crippen LogP contribution in [-0.2, 0) is 0 Å². The Morgan fingerprint density at radius 2 is 1.52 bits per heavy atom. The average molecular weight is 308 g/mol. The summed E-state index contributed by atoms with van der Waals surface area (Å²) in [4.78, 5) is 14.8. The topological polar surface area (TPSA) is 32.3 Å². The second kappa shape index (κ2) is 7.93. The van der Waals surface area contributed by atoms with E-state index in [4.69, 9.17) is 0 Å². The zero-order valence-electron chi connectivity index (χ0n) is 13.4. The highest BCUT2D eigenvalue weighted by Crippen LogP contribution is 2.24. The highest BCUT2D eigenvalue weighted by atomic mass is 16.1. The van der Waals surface area contributed by atoms with E-state index in [9.17, 15) is 4.79 Å². The molecule has 1 atom stereocenters. The first kappa shape index (κ1) is 15.8. The summed E-state index contributed by atoms with van der Waals surface area (Å²) in [7, 11) is 0. The first-order chi connectivity index (χ1) is 11.3. The van der Waals surface area contributed by atoms with Gasteiger partial charge in [0.25, 0.3) is 5.91 Å². The minimum atomic E-state index is 0.00328. The third-order valence-corrected chi connectivity index (χ3v) is 4.51. The second-order valence-electron chi connectivity index (χ2n) is 6.10. The van der Waals surface area contributed by atoms with Crippen LogP contribution in [-0.4, -0.2) is 30.4 Å². The third-order valence-electron chi connectivity index (χ3n) is 4.51. The summed E-state index contributed by atoms with van der Waals surface area (Å²) in [5.74, 6) is 0.00328. The maximum Gasteiger partial charge on any atom is 0.251 e. The number of likely N-dealkylation sites (tertiary alicyclic amines) is 1. The van der Waals surface area contributed by atoms with E-state index in [0.717, 1.165) is 18.7 Å². The van der Waals surface area contributed by atoms with Crippen molar-refractivity contribution in [3.63, 3.8) is 0 Å². The van der Waals surface area contributed by atoms with Crippen molar-refractivity contribution in [3.05, 3.63) is 71.8 Å². The van der Waals surface area contributed by atoms with Crippen molar-refractivity contribution in [1.29, 1.82) is 0 Å². The Labute approximate surface area is 138 Å². The van der Waals surface area contributed by atoms with Gasteiger partial charge in [0, 0.05) is 12.1 Å². The summed E-state index contributed by atoms with van der Waals surface area (Å²) in [5, 5.41) is 3.11. The Morgan fingerprint density at radius 3 is 2.17 bits per heavy atom. The minimum absolute atomic E-state index is 0.00328. The van der Waals surface area contributed by atoms with Crippen molar-refractivity contribution in [2.75, 3.05) is 19.6 Å². The van der Waals surface area contributed by atoms with Gasteiger partial charge in [-0.05, 0) is 43.6 Å². The molecule has 0 aromatic heterocycles. The molecule has 0 saturated carbocycles. The smallest absolute Gasteiger partial charge is 0.251 e. The second-order valence-corrected chi connectivity index (χ2v) is 6.10. The maximum absolute atomic E-state index is 12.3. The van der Waals surface area contributed by atoms with Crippen molar-refractivity contribution >= 4 is 5.91 Å².